The number of hydrogen-bond donors (Lipinski definition) is 1. The van der Waals surface area contributed by atoms with E-state index in [1.165, 1.54) is 24.0 Å². The number of hydrogen-bond acceptors (Lipinski definition) is 2. The zero-order valence-electron chi connectivity index (χ0n) is 10.1. The zero-order chi connectivity index (χ0) is 12.4. The molecule has 1 fully saturated rings. The van der Waals surface area contributed by atoms with Gasteiger partial charge in [-0.05, 0) is 24.0 Å². The Labute approximate surface area is 112 Å². The standard InChI is InChI=1S/C14H16ClN3/c15-13-8-17-18(10-13)9-12-3-1-2-11(6-12)7-16-14-4-5-14/h1-3,6,8,10,14,16H,4-5,7,9H2. The van der Waals surface area contributed by atoms with Gasteiger partial charge in [-0.25, -0.2) is 0 Å². The third-order valence-electron chi connectivity index (χ3n) is 3.11. The second kappa shape index (κ2) is 5.12. The lowest BCUT2D eigenvalue weighted by molar-refractivity contribution is 0.675. The molecule has 1 aromatic heterocycles. The molecule has 0 unspecified atom stereocenters. The van der Waals surface area contributed by atoms with E-state index in [4.69, 9.17) is 11.6 Å². The van der Waals surface area contributed by atoms with Gasteiger partial charge < -0.3 is 5.32 Å². The van der Waals surface area contributed by atoms with Crippen molar-refractivity contribution < 1.29 is 0 Å². The van der Waals surface area contributed by atoms with E-state index < -0.39 is 0 Å². The summed E-state index contributed by atoms with van der Waals surface area (Å²) in [5.74, 6) is 0. The average Bonchev–Trinajstić information content (AvgIpc) is 3.11. The van der Waals surface area contributed by atoms with Crippen molar-refractivity contribution in [3.63, 3.8) is 0 Å². The quantitative estimate of drug-likeness (QED) is 0.897. The fourth-order valence-corrected chi connectivity index (χ4v) is 2.16. The molecule has 0 saturated heterocycles. The lowest BCUT2D eigenvalue weighted by Crippen LogP contribution is -2.15. The normalized spacial score (nSPS) is 14.9. The first-order valence-corrected chi connectivity index (χ1v) is 6.66. The van der Waals surface area contributed by atoms with Crippen LogP contribution in [0.5, 0.6) is 0 Å². The lowest BCUT2D eigenvalue weighted by Gasteiger charge is -2.06. The first-order valence-electron chi connectivity index (χ1n) is 6.29. The molecule has 0 spiro atoms. The van der Waals surface area contributed by atoms with Crippen molar-refractivity contribution in [1.29, 1.82) is 0 Å². The molecule has 0 amide bonds. The van der Waals surface area contributed by atoms with Crippen LogP contribution in [0.25, 0.3) is 0 Å². The minimum absolute atomic E-state index is 0.682. The maximum atomic E-state index is 5.86. The van der Waals surface area contributed by atoms with Crippen molar-refractivity contribution >= 4 is 11.6 Å². The fourth-order valence-electron chi connectivity index (χ4n) is 2.00. The molecule has 3 nitrogen and oxygen atoms in total. The summed E-state index contributed by atoms with van der Waals surface area (Å²) >= 11 is 5.86. The van der Waals surface area contributed by atoms with Crippen molar-refractivity contribution in [2.45, 2.75) is 32.0 Å². The third-order valence-corrected chi connectivity index (χ3v) is 3.31. The molecule has 1 aliphatic rings. The number of nitrogens with one attached hydrogen (secondary N) is 1. The second-order valence-corrected chi connectivity index (χ2v) is 5.27. The molecule has 0 bridgehead atoms. The summed E-state index contributed by atoms with van der Waals surface area (Å²) in [6, 6.07) is 9.36. The van der Waals surface area contributed by atoms with Crippen LogP contribution < -0.4 is 5.32 Å². The smallest absolute Gasteiger partial charge is 0.0785 e. The number of rotatable bonds is 5. The lowest BCUT2D eigenvalue weighted by atomic mass is 10.1. The fraction of sp³-hybridized carbons (Fsp3) is 0.357. The van der Waals surface area contributed by atoms with Gasteiger partial charge in [-0.15, -0.1) is 0 Å². The van der Waals surface area contributed by atoms with Crippen LogP contribution in [0.2, 0.25) is 5.02 Å². The summed E-state index contributed by atoms with van der Waals surface area (Å²) in [6.45, 7) is 1.72. The van der Waals surface area contributed by atoms with Crippen molar-refractivity contribution in [2.24, 2.45) is 0 Å². The highest BCUT2D eigenvalue weighted by molar-refractivity contribution is 6.30. The molecule has 0 atom stereocenters. The number of benzene rings is 1. The zero-order valence-corrected chi connectivity index (χ0v) is 10.9. The van der Waals surface area contributed by atoms with Crippen molar-refractivity contribution in [1.82, 2.24) is 15.1 Å². The Morgan fingerprint density at radius 3 is 2.89 bits per heavy atom. The van der Waals surface area contributed by atoms with E-state index in [2.05, 4.69) is 34.7 Å². The Morgan fingerprint density at radius 2 is 2.17 bits per heavy atom. The summed E-state index contributed by atoms with van der Waals surface area (Å²) in [4.78, 5) is 0. The Kier molecular flexibility index (Phi) is 3.35. The topological polar surface area (TPSA) is 29.9 Å². The maximum Gasteiger partial charge on any atom is 0.0785 e. The molecule has 1 aromatic carbocycles. The van der Waals surface area contributed by atoms with Gasteiger partial charge in [0.2, 0.25) is 0 Å². The highest BCUT2D eigenvalue weighted by Gasteiger charge is 2.19. The second-order valence-electron chi connectivity index (χ2n) is 4.83. The van der Waals surface area contributed by atoms with E-state index in [0.29, 0.717) is 5.02 Å². The molecule has 1 N–H and O–H groups in total. The molecule has 1 saturated carbocycles. The Morgan fingerprint density at radius 1 is 1.33 bits per heavy atom. The van der Waals surface area contributed by atoms with Crippen molar-refractivity contribution in [3.8, 4) is 0 Å². The summed E-state index contributed by atoms with van der Waals surface area (Å²) in [5, 5.41) is 8.40. The minimum atomic E-state index is 0.682. The van der Waals surface area contributed by atoms with Gasteiger partial charge in [-0.1, -0.05) is 35.9 Å². The maximum absolute atomic E-state index is 5.86. The van der Waals surface area contributed by atoms with Gasteiger partial charge in [0.15, 0.2) is 0 Å². The number of aromatic nitrogens is 2. The van der Waals surface area contributed by atoms with Crippen LogP contribution in [0.3, 0.4) is 0 Å². The Hall–Kier alpha value is -1.32. The minimum Gasteiger partial charge on any atom is -0.310 e. The van der Waals surface area contributed by atoms with Crippen molar-refractivity contribution in [3.05, 3.63) is 52.8 Å². The van der Waals surface area contributed by atoms with Gasteiger partial charge in [0, 0.05) is 18.8 Å². The van der Waals surface area contributed by atoms with E-state index in [1.54, 1.807) is 6.20 Å². The molecule has 2 aromatic rings. The van der Waals surface area contributed by atoms with Crippen LogP contribution in [0, 0.1) is 0 Å². The predicted octanol–water partition coefficient (Wildman–Crippen LogP) is 2.84. The van der Waals surface area contributed by atoms with Crippen LogP contribution in [0.4, 0.5) is 0 Å². The first-order chi connectivity index (χ1) is 8.79. The molecule has 0 aliphatic heterocycles. The van der Waals surface area contributed by atoms with E-state index in [-0.39, 0.29) is 0 Å². The first kappa shape index (κ1) is 11.8. The van der Waals surface area contributed by atoms with Gasteiger partial charge in [-0.3, -0.25) is 4.68 Å². The number of nitrogens with zero attached hydrogens (tertiary/aromatic N) is 2. The summed E-state index contributed by atoms with van der Waals surface area (Å²) < 4.78 is 1.86. The molecule has 1 aliphatic carbocycles. The largest absolute Gasteiger partial charge is 0.310 e. The van der Waals surface area contributed by atoms with Crippen LogP contribution in [-0.2, 0) is 13.1 Å². The van der Waals surface area contributed by atoms with Crippen LogP contribution in [-0.4, -0.2) is 15.8 Å². The van der Waals surface area contributed by atoms with Crippen LogP contribution in [0.1, 0.15) is 24.0 Å². The SMILES string of the molecule is Clc1cnn(Cc2cccc(CNC3CC3)c2)c1. The molecule has 3 rings (SSSR count). The van der Waals surface area contributed by atoms with Crippen LogP contribution >= 0.6 is 11.6 Å². The Bertz CT molecular complexity index is 531. The summed E-state index contributed by atoms with van der Waals surface area (Å²) in [6.07, 6.45) is 6.16. The Balaban J connectivity index is 1.65. The molecule has 94 valence electrons. The summed E-state index contributed by atoms with van der Waals surface area (Å²) in [5.41, 5.74) is 2.59. The summed E-state index contributed by atoms with van der Waals surface area (Å²) in [7, 11) is 0. The molecule has 0 radical (unpaired) electrons. The molecule has 1 heterocycles. The van der Waals surface area contributed by atoms with Crippen molar-refractivity contribution in [2.75, 3.05) is 0 Å². The van der Waals surface area contributed by atoms with E-state index in [1.807, 2.05) is 10.9 Å². The predicted molar refractivity (Wildman–Crippen MR) is 72.6 cm³/mol. The molecular weight excluding hydrogens is 246 g/mol. The van der Waals surface area contributed by atoms with Gasteiger partial charge >= 0.3 is 0 Å². The molecular formula is C14H16ClN3. The average molecular weight is 262 g/mol. The third kappa shape index (κ3) is 3.12. The molecule has 18 heavy (non-hydrogen) atoms. The van der Waals surface area contributed by atoms with Gasteiger partial charge in [0.1, 0.15) is 0 Å². The monoisotopic (exact) mass is 261 g/mol. The van der Waals surface area contributed by atoms with Gasteiger partial charge in [0.25, 0.3) is 0 Å². The van der Waals surface area contributed by atoms with E-state index in [0.717, 1.165) is 19.1 Å². The highest BCUT2D eigenvalue weighted by Crippen LogP contribution is 2.19. The van der Waals surface area contributed by atoms with E-state index >= 15 is 0 Å². The van der Waals surface area contributed by atoms with E-state index in [9.17, 15) is 0 Å². The molecule has 4 heteroatoms. The van der Waals surface area contributed by atoms with Gasteiger partial charge in [-0.2, -0.15) is 5.10 Å². The highest BCUT2D eigenvalue weighted by atomic mass is 35.5. The number of halogens is 1. The van der Waals surface area contributed by atoms with Crippen LogP contribution in [0.15, 0.2) is 36.7 Å². The van der Waals surface area contributed by atoms with Gasteiger partial charge in [0.05, 0.1) is 17.8 Å².